The summed E-state index contributed by atoms with van der Waals surface area (Å²) in [6.07, 6.45) is 4.60. The van der Waals surface area contributed by atoms with Crippen molar-refractivity contribution in [1.82, 2.24) is 10.2 Å². The van der Waals surface area contributed by atoms with Crippen LogP contribution < -0.4 is 5.32 Å². The molecule has 0 aromatic heterocycles. The molecule has 0 bridgehead atoms. The van der Waals surface area contributed by atoms with E-state index in [0.717, 1.165) is 25.0 Å². The maximum Gasteiger partial charge on any atom is 0.306 e. The fourth-order valence-electron chi connectivity index (χ4n) is 2.40. The molecule has 2 aliphatic rings. The van der Waals surface area contributed by atoms with E-state index in [2.05, 4.69) is 15.0 Å². The highest BCUT2D eigenvalue weighted by atomic mass is 16.5. The topological polar surface area (TPSA) is 41.6 Å². The summed E-state index contributed by atoms with van der Waals surface area (Å²) in [6, 6.07) is 0.903. The molecular formula is C12H22N2O2. The molecule has 0 radical (unpaired) electrons. The highest BCUT2D eigenvalue weighted by Gasteiger charge is 2.33. The first-order valence-electron chi connectivity index (χ1n) is 6.31. The molecule has 1 saturated carbocycles. The Morgan fingerprint density at radius 2 is 2.25 bits per heavy atom. The van der Waals surface area contributed by atoms with Gasteiger partial charge in [0.1, 0.15) is 0 Å². The summed E-state index contributed by atoms with van der Waals surface area (Å²) < 4.78 is 4.59. The summed E-state index contributed by atoms with van der Waals surface area (Å²) in [7, 11) is 1.44. The van der Waals surface area contributed by atoms with Crippen LogP contribution in [0.15, 0.2) is 0 Å². The Bertz CT molecular complexity index is 241. The summed E-state index contributed by atoms with van der Waals surface area (Å²) in [5, 5.41) is 3.34. The zero-order valence-electron chi connectivity index (χ0n) is 10.1. The minimum absolute atomic E-state index is 0.126. The smallest absolute Gasteiger partial charge is 0.306 e. The molecule has 2 rings (SSSR count). The number of ether oxygens (including phenoxy) is 1. The van der Waals surface area contributed by atoms with Crippen molar-refractivity contribution in [2.45, 2.75) is 31.7 Å². The van der Waals surface area contributed by atoms with Crippen LogP contribution in [0.4, 0.5) is 0 Å². The first-order chi connectivity index (χ1) is 7.79. The molecule has 92 valence electrons. The van der Waals surface area contributed by atoms with Crippen molar-refractivity contribution in [3.8, 4) is 0 Å². The van der Waals surface area contributed by atoms with E-state index in [4.69, 9.17) is 0 Å². The number of likely N-dealkylation sites (tertiary alicyclic amines) is 1. The molecule has 1 unspecified atom stereocenters. The fraction of sp³-hybridized carbons (Fsp3) is 0.917. The molecule has 0 amide bonds. The molecule has 4 heteroatoms. The number of carbonyl (C=O) groups is 1. The van der Waals surface area contributed by atoms with Crippen LogP contribution in [-0.4, -0.2) is 50.2 Å². The van der Waals surface area contributed by atoms with Gasteiger partial charge >= 0.3 is 5.97 Å². The monoisotopic (exact) mass is 226 g/mol. The van der Waals surface area contributed by atoms with Crippen molar-refractivity contribution in [2.24, 2.45) is 5.92 Å². The van der Waals surface area contributed by atoms with Gasteiger partial charge in [-0.15, -0.1) is 0 Å². The molecule has 1 aliphatic carbocycles. The van der Waals surface area contributed by atoms with E-state index < -0.39 is 0 Å². The number of rotatable bonds is 6. The molecule has 1 aliphatic heterocycles. The Morgan fingerprint density at radius 3 is 2.94 bits per heavy atom. The molecule has 1 atom stereocenters. The van der Waals surface area contributed by atoms with E-state index >= 15 is 0 Å². The Morgan fingerprint density at radius 1 is 1.44 bits per heavy atom. The quantitative estimate of drug-likeness (QED) is 0.532. The fourth-order valence-corrected chi connectivity index (χ4v) is 2.40. The Kier molecular flexibility index (Phi) is 4.18. The van der Waals surface area contributed by atoms with Gasteiger partial charge in [-0.1, -0.05) is 0 Å². The van der Waals surface area contributed by atoms with Gasteiger partial charge in [-0.3, -0.25) is 4.79 Å². The second-order valence-electron chi connectivity index (χ2n) is 4.91. The van der Waals surface area contributed by atoms with Gasteiger partial charge in [-0.05, 0) is 38.3 Å². The van der Waals surface area contributed by atoms with E-state index in [1.807, 2.05) is 0 Å². The number of hydrogen-bond donors (Lipinski definition) is 1. The number of nitrogens with one attached hydrogen (secondary N) is 1. The summed E-state index contributed by atoms with van der Waals surface area (Å²) >= 11 is 0. The average molecular weight is 226 g/mol. The SMILES string of the molecule is COC(=O)CCNCC1CCN(C2CC2)C1. The molecule has 16 heavy (non-hydrogen) atoms. The lowest BCUT2D eigenvalue weighted by molar-refractivity contribution is -0.140. The molecule has 4 nitrogen and oxygen atoms in total. The normalized spacial score (nSPS) is 25.9. The Balaban J connectivity index is 1.52. The van der Waals surface area contributed by atoms with E-state index in [1.54, 1.807) is 0 Å². The lowest BCUT2D eigenvalue weighted by Gasteiger charge is -2.14. The molecule has 1 heterocycles. The molecular weight excluding hydrogens is 204 g/mol. The van der Waals surface area contributed by atoms with Crippen LogP contribution in [-0.2, 0) is 9.53 Å². The average Bonchev–Trinajstić information content (AvgIpc) is 3.05. The van der Waals surface area contributed by atoms with Crippen LogP contribution in [0, 0.1) is 5.92 Å². The van der Waals surface area contributed by atoms with Gasteiger partial charge in [0, 0.05) is 19.1 Å². The van der Waals surface area contributed by atoms with Gasteiger partial charge in [0.2, 0.25) is 0 Å². The molecule has 0 aromatic rings. The van der Waals surface area contributed by atoms with Crippen molar-refractivity contribution in [3.05, 3.63) is 0 Å². The summed E-state index contributed by atoms with van der Waals surface area (Å²) in [6.45, 7) is 4.30. The lowest BCUT2D eigenvalue weighted by atomic mass is 10.1. The maximum atomic E-state index is 10.9. The second-order valence-corrected chi connectivity index (χ2v) is 4.91. The van der Waals surface area contributed by atoms with Crippen LogP contribution in [0.25, 0.3) is 0 Å². The van der Waals surface area contributed by atoms with Crippen molar-refractivity contribution >= 4 is 5.97 Å². The van der Waals surface area contributed by atoms with Crippen LogP contribution in [0.1, 0.15) is 25.7 Å². The first-order valence-corrected chi connectivity index (χ1v) is 6.31. The zero-order valence-corrected chi connectivity index (χ0v) is 10.1. The van der Waals surface area contributed by atoms with Crippen molar-refractivity contribution < 1.29 is 9.53 Å². The Labute approximate surface area is 97.3 Å². The number of nitrogens with zero attached hydrogens (tertiary/aromatic N) is 1. The zero-order chi connectivity index (χ0) is 11.4. The van der Waals surface area contributed by atoms with E-state index in [-0.39, 0.29) is 5.97 Å². The Hall–Kier alpha value is -0.610. The second kappa shape index (κ2) is 5.64. The largest absolute Gasteiger partial charge is 0.469 e. The van der Waals surface area contributed by atoms with Crippen molar-refractivity contribution in [3.63, 3.8) is 0 Å². The highest BCUT2D eigenvalue weighted by Crippen LogP contribution is 2.31. The number of hydrogen-bond acceptors (Lipinski definition) is 4. The molecule has 1 saturated heterocycles. The van der Waals surface area contributed by atoms with Gasteiger partial charge in [-0.2, -0.15) is 0 Å². The van der Waals surface area contributed by atoms with Gasteiger partial charge in [0.15, 0.2) is 0 Å². The molecule has 1 N–H and O–H groups in total. The standard InChI is InChI=1S/C12H22N2O2/c1-16-12(15)4-6-13-8-10-5-7-14(9-10)11-2-3-11/h10-11,13H,2-9H2,1H3. The third-order valence-corrected chi connectivity index (χ3v) is 3.55. The number of methoxy groups -OCH3 is 1. The van der Waals surface area contributed by atoms with Crippen LogP contribution in [0.3, 0.4) is 0 Å². The van der Waals surface area contributed by atoms with Crippen LogP contribution in [0.2, 0.25) is 0 Å². The van der Waals surface area contributed by atoms with Gasteiger partial charge in [-0.25, -0.2) is 0 Å². The molecule has 0 spiro atoms. The van der Waals surface area contributed by atoms with Crippen LogP contribution >= 0.6 is 0 Å². The minimum Gasteiger partial charge on any atom is -0.469 e. The maximum absolute atomic E-state index is 10.9. The predicted molar refractivity (Wildman–Crippen MR) is 62.2 cm³/mol. The summed E-state index contributed by atoms with van der Waals surface area (Å²) in [4.78, 5) is 13.5. The van der Waals surface area contributed by atoms with Gasteiger partial charge in [0.05, 0.1) is 13.5 Å². The molecule has 2 fully saturated rings. The van der Waals surface area contributed by atoms with Gasteiger partial charge in [0.25, 0.3) is 0 Å². The van der Waals surface area contributed by atoms with Crippen molar-refractivity contribution in [1.29, 1.82) is 0 Å². The van der Waals surface area contributed by atoms with E-state index in [0.29, 0.717) is 6.42 Å². The molecule has 0 aromatic carbocycles. The number of esters is 1. The first kappa shape index (κ1) is 11.9. The third kappa shape index (κ3) is 3.46. The van der Waals surface area contributed by atoms with Crippen LogP contribution in [0.5, 0.6) is 0 Å². The number of carbonyl (C=O) groups excluding carboxylic acids is 1. The van der Waals surface area contributed by atoms with E-state index in [1.165, 1.54) is 39.5 Å². The predicted octanol–water partition coefficient (Wildman–Crippen LogP) is 0.623. The van der Waals surface area contributed by atoms with Gasteiger partial charge < -0.3 is 15.0 Å². The minimum atomic E-state index is -0.126. The summed E-state index contributed by atoms with van der Waals surface area (Å²) in [5.74, 6) is 0.650. The lowest BCUT2D eigenvalue weighted by Crippen LogP contribution is -2.28. The summed E-state index contributed by atoms with van der Waals surface area (Å²) in [5.41, 5.74) is 0. The van der Waals surface area contributed by atoms with Crippen molar-refractivity contribution in [2.75, 3.05) is 33.3 Å². The third-order valence-electron chi connectivity index (χ3n) is 3.55. The van der Waals surface area contributed by atoms with E-state index in [9.17, 15) is 4.79 Å². The highest BCUT2D eigenvalue weighted by molar-refractivity contribution is 5.69.